The molecule has 0 spiro atoms. The number of aromatic nitrogens is 3. The molecule has 2 heterocycles. The predicted molar refractivity (Wildman–Crippen MR) is 114 cm³/mol. The van der Waals surface area contributed by atoms with E-state index in [9.17, 15) is 14.9 Å². The van der Waals surface area contributed by atoms with Crippen LogP contribution in [0.2, 0.25) is 10.0 Å². The maximum atomic E-state index is 13.6. The number of anilines is 1. The zero-order chi connectivity index (χ0) is 21.4. The summed E-state index contributed by atoms with van der Waals surface area (Å²) in [6.07, 6.45) is 2.55. The minimum Gasteiger partial charge on any atom is -0.301 e. The molecular formula is C19H15Cl2N5O3S. The van der Waals surface area contributed by atoms with E-state index in [0.717, 1.165) is 29.6 Å². The summed E-state index contributed by atoms with van der Waals surface area (Å²) in [5.74, 6) is -0.207. The van der Waals surface area contributed by atoms with Gasteiger partial charge in [-0.2, -0.15) is 0 Å². The van der Waals surface area contributed by atoms with Gasteiger partial charge in [0.2, 0.25) is 5.91 Å². The molecule has 2 aliphatic rings. The number of halogens is 2. The van der Waals surface area contributed by atoms with Crippen molar-refractivity contribution in [2.24, 2.45) is 5.41 Å². The monoisotopic (exact) mass is 463 g/mol. The molecule has 5 rings (SSSR count). The molecule has 1 saturated carbocycles. The van der Waals surface area contributed by atoms with Gasteiger partial charge in [-0.3, -0.25) is 14.9 Å². The van der Waals surface area contributed by atoms with E-state index >= 15 is 0 Å². The third-order valence-electron chi connectivity index (χ3n) is 6.53. The van der Waals surface area contributed by atoms with Crippen molar-refractivity contribution in [2.75, 3.05) is 5.32 Å². The average molecular weight is 464 g/mol. The van der Waals surface area contributed by atoms with Crippen LogP contribution in [0.3, 0.4) is 0 Å². The summed E-state index contributed by atoms with van der Waals surface area (Å²) in [5, 5.41) is 14.6. The normalized spacial score (nSPS) is 23.5. The number of hydrogen-bond acceptors (Lipinski definition) is 7. The van der Waals surface area contributed by atoms with Crippen molar-refractivity contribution in [3.63, 3.8) is 0 Å². The van der Waals surface area contributed by atoms with Gasteiger partial charge in [-0.05, 0) is 41.7 Å². The Morgan fingerprint density at radius 2 is 1.93 bits per heavy atom. The standard InChI is InChI=1S/C19H15Cl2N5O3S/c1-18(2)8-3-4-19(18,16(27)25-17-22-7-13(30-17)26(28)29)15-14(8)23-11-5-9(20)10(21)6-12(11)24-15/h5-8H,3-4H2,1-2H3,(H,22,25,27). The van der Waals surface area contributed by atoms with Crippen molar-refractivity contribution in [1.82, 2.24) is 15.0 Å². The Labute approximate surface area is 184 Å². The Bertz CT molecular complexity index is 1260. The summed E-state index contributed by atoms with van der Waals surface area (Å²) in [6.45, 7) is 4.09. The van der Waals surface area contributed by atoms with E-state index in [1.807, 2.05) is 13.8 Å². The molecule has 2 aromatic heterocycles. The van der Waals surface area contributed by atoms with Crippen molar-refractivity contribution in [3.8, 4) is 0 Å². The zero-order valence-electron chi connectivity index (χ0n) is 15.9. The van der Waals surface area contributed by atoms with Crippen LogP contribution in [0.25, 0.3) is 11.0 Å². The Morgan fingerprint density at radius 3 is 2.57 bits per heavy atom. The first kappa shape index (κ1) is 19.6. The van der Waals surface area contributed by atoms with Crippen LogP contribution in [-0.2, 0) is 10.2 Å². The number of fused-ring (bicyclic) bond motifs is 6. The number of hydrogen-bond donors (Lipinski definition) is 1. The maximum Gasteiger partial charge on any atom is 0.345 e. The van der Waals surface area contributed by atoms with Crippen molar-refractivity contribution >= 4 is 61.6 Å². The fraction of sp³-hybridized carbons (Fsp3) is 0.368. The molecule has 2 bridgehead atoms. The third-order valence-corrected chi connectivity index (χ3v) is 8.11. The molecule has 154 valence electrons. The highest BCUT2D eigenvalue weighted by Crippen LogP contribution is 2.67. The first-order valence-electron chi connectivity index (χ1n) is 9.24. The first-order chi connectivity index (χ1) is 14.1. The van der Waals surface area contributed by atoms with E-state index in [2.05, 4.69) is 10.3 Å². The molecule has 11 heteroatoms. The van der Waals surface area contributed by atoms with Crippen LogP contribution in [0.5, 0.6) is 0 Å². The average Bonchev–Trinajstić information content (AvgIpc) is 3.29. The number of nitrogens with one attached hydrogen (secondary N) is 1. The number of carbonyl (C=O) groups excluding carboxylic acids is 1. The van der Waals surface area contributed by atoms with Crippen LogP contribution in [0, 0.1) is 15.5 Å². The van der Waals surface area contributed by atoms with Crippen LogP contribution in [0.15, 0.2) is 18.3 Å². The number of nitro groups is 1. The second kappa shape index (κ2) is 6.32. The van der Waals surface area contributed by atoms with Gasteiger partial charge in [0.1, 0.15) is 6.20 Å². The van der Waals surface area contributed by atoms with Gasteiger partial charge in [0.25, 0.3) is 0 Å². The van der Waals surface area contributed by atoms with Crippen molar-refractivity contribution < 1.29 is 9.72 Å². The number of carbonyl (C=O) groups is 1. The number of nitrogens with zero attached hydrogens (tertiary/aromatic N) is 4. The summed E-state index contributed by atoms with van der Waals surface area (Å²) >= 11 is 13.1. The van der Waals surface area contributed by atoms with E-state index < -0.39 is 15.8 Å². The topological polar surface area (TPSA) is 111 Å². The summed E-state index contributed by atoms with van der Waals surface area (Å²) in [5.41, 5.74) is 1.30. The quantitative estimate of drug-likeness (QED) is 0.427. The lowest BCUT2D eigenvalue weighted by molar-refractivity contribution is -0.380. The lowest BCUT2D eigenvalue weighted by atomic mass is 9.67. The highest BCUT2D eigenvalue weighted by atomic mass is 35.5. The summed E-state index contributed by atoms with van der Waals surface area (Å²) < 4.78 is 0. The van der Waals surface area contributed by atoms with Crippen LogP contribution < -0.4 is 5.32 Å². The maximum absolute atomic E-state index is 13.6. The van der Waals surface area contributed by atoms with Crippen LogP contribution in [0.1, 0.15) is 44.0 Å². The second-order valence-electron chi connectivity index (χ2n) is 8.15. The van der Waals surface area contributed by atoms with Crippen LogP contribution in [-0.4, -0.2) is 25.8 Å². The molecule has 2 unspecified atom stereocenters. The third kappa shape index (κ3) is 2.45. The van der Waals surface area contributed by atoms with Crippen molar-refractivity contribution in [1.29, 1.82) is 0 Å². The molecule has 1 aromatic carbocycles. The van der Waals surface area contributed by atoms with Gasteiger partial charge in [0, 0.05) is 5.92 Å². The highest BCUT2D eigenvalue weighted by Gasteiger charge is 2.68. The van der Waals surface area contributed by atoms with Gasteiger partial charge in [-0.25, -0.2) is 15.0 Å². The van der Waals surface area contributed by atoms with Crippen molar-refractivity contribution in [3.05, 3.63) is 49.9 Å². The molecule has 0 radical (unpaired) electrons. The van der Waals surface area contributed by atoms with E-state index in [1.54, 1.807) is 12.1 Å². The van der Waals surface area contributed by atoms with E-state index in [4.69, 9.17) is 33.2 Å². The van der Waals surface area contributed by atoms with Crippen molar-refractivity contribution in [2.45, 2.75) is 38.0 Å². The lowest BCUT2D eigenvalue weighted by Gasteiger charge is -2.35. The highest BCUT2D eigenvalue weighted by molar-refractivity contribution is 7.18. The smallest absolute Gasteiger partial charge is 0.301 e. The molecule has 8 nitrogen and oxygen atoms in total. The summed E-state index contributed by atoms with van der Waals surface area (Å²) in [7, 11) is 0. The van der Waals surface area contributed by atoms with Crippen LogP contribution in [0.4, 0.5) is 10.1 Å². The Balaban J connectivity index is 1.63. The Morgan fingerprint density at radius 1 is 1.27 bits per heavy atom. The number of rotatable bonds is 3. The second-order valence-corrected chi connectivity index (χ2v) is 9.97. The van der Waals surface area contributed by atoms with Gasteiger partial charge >= 0.3 is 5.00 Å². The molecule has 3 aromatic rings. The summed E-state index contributed by atoms with van der Waals surface area (Å²) in [6, 6.07) is 3.34. The lowest BCUT2D eigenvalue weighted by Crippen LogP contribution is -2.46. The SMILES string of the molecule is CC1(C)C2CCC1(C(=O)Nc1ncc([N+](=O)[O-])s1)c1nc3cc(Cl)c(Cl)cc3nc12. The van der Waals surface area contributed by atoms with Crippen LogP contribution >= 0.6 is 34.5 Å². The van der Waals surface area contributed by atoms with Gasteiger partial charge in [-0.1, -0.05) is 37.0 Å². The molecule has 0 saturated heterocycles. The zero-order valence-corrected chi connectivity index (χ0v) is 18.2. The first-order valence-corrected chi connectivity index (χ1v) is 10.8. The Hall–Kier alpha value is -2.36. The molecule has 2 aliphatic carbocycles. The molecular weight excluding hydrogens is 449 g/mol. The van der Waals surface area contributed by atoms with E-state index in [1.165, 1.54) is 0 Å². The molecule has 1 fully saturated rings. The largest absolute Gasteiger partial charge is 0.345 e. The molecule has 1 amide bonds. The van der Waals surface area contributed by atoms with Gasteiger partial charge < -0.3 is 5.32 Å². The van der Waals surface area contributed by atoms with Gasteiger partial charge in [-0.15, -0.1) is 0 Å². The molecule has 30 heavy (non-hydrogen) atoms. The van der Waals surface area contributed by atoms with Gasteiger partial charge in [0.15, 0.2) is 5.13 Å². The summed E-state index contributed by atoms with van der Waals surface area (Å²) in [4.78, 5) is 37.6. The van der Waals surface area contributed by atoms with E-state index in [0.29, 0.717) is 33.2 Å². The molecule has 2 atom stereocenters. The Kier molecular flexibility index (Phi) is 4.13. The van der Waals surface area contributed by atoms with E-state index in [-0.39, 0.29) is 22.0 Å². The number of benzene rings is 1. The fourth-order valence-electron chi connectivity index (χ4n) is 4.99. The molecule has 1 N–H and O–H groups in total. The number of thiazole rings is 1. The predicted octanol–water partition coefficient (Wildman–Crippen LogP) is 5.10. The number of amides is 1. The minimum atomic E-state index is -0.916. The minimum absolute atomic E-state index is 0.0650. The fourth-order valence-corrected chi connectivity index (χ4v) is 5.93. The van der Waals surface area contributed by atoms with Gasteiger partial charge in [0.05, 0.1) is 42.8 Å². The molecule has 0 aliphatic heterocycles.